The number of aromatic carboxylic acids is 1. The average Bonchev–Trinajstić information content (AvgIpc) is 2.56. The van der Waals surface area contributed by atoms with Gasteiger partial charge in [-0.25, -0.2) is 4.79 Å². The first-order chi connectivity index (χ1) is 11.0. The summed E-state index contributed by atoms with van der Waals surface area (Å²) >= 11 is 0. The highest BCUT2D eigenvalue weighted by Gasteiger charge is 2.10. The Labute approximate surface area is 135 Å². The number of carbonyl (C=O) groups is 1. The zero-order chi connectivity index (χ0) is 16.8. The van der Waals surface area contributed by atoms with Crippen molar-refractivity contribution < 1.29 is 15.0 Å². The van der Waals surface area contributed by atoms with E-state index in [-0.39, 0.29) is 11.3 Å². The fourth-order valence-corrected chi connectivity index (χ4v) is 2.50. The second-order valence-corrected chi connectivity index (χ2v) is 5.42. The van der Waals surface area contributed by atoms with Crippen molar-refractivity contribution >= 4 is 17.3 Å². The third kappa shape index (κ3) is 4.16. The van der Waals surface area contributed by atoms with Crippen molar-refractivity contribution in [2.75, 3.05) is 10.9 Å². The number of hydrogen-bond acceptors (Lipinski definition) is 4. The third-order valence-electron chi connectivity index (χ3n) is 3.95. The van der Waals surface area contributed by atoms with Gasteiger partial charge in [0.2, 0.25) is 0 Å². The molecular formula is C18H22N2O3. The standard InChI is InChI=1S/C18H22N2O3/c1-3-12(4-2)14-7-10-17(21)16(11-14)20-19-15-8-5-13(6-9-15)18(22)23/h5-12,19-21H,3-4H2,1-2H3,(H,22,23). The van der Waals surface area contributed by atoms with Crippen LogP contribution >= 0.6 is 0 Å². The maximum Gasteiger partial charge on any atom is 0.335 e. The summed E-state index contributed by atoms with van der Waals surface area (Å²) in [5, 5.41) is 18.9. The van der Waals surface area contributed by atoms with Crippen LogP contribution in [0.5, 0.6) is 5.75 Å². The van der Waals surface area contributed by atoms with Crippen LogP contribution in [-0.2, 0) is 0 Å². The van der Waals surface area contributed by atoms with Gasteiger partial charge in [-0.05, 0) is 60.7 Å². The maximum absolute atomic E-state index is 10.8. The number of anilines is 2. The number of hydrogen-bond donors (Lipinski definition) is 4. The van der Waals surface area contributed by atoms with E-state index in [4.69, 9.17) is 5.11 Å². The number of hydrazine groups is 1. The SMILES string of the molecule is CCC(CC)c1ccc(O)c(NNc2ccc(C(=O)O)cc2)c1. The minimum absolute atomic E-state index is 0.161. The summed E-state index contributed by atoms with van der Waals surface area (Å²) < 4.78 is 0. The average molecular weight is 314 g/mol. The molecule has 4 N–H and O–H groups in total. The van der Waals surface area contributed by atoms with Crippen molar-refractivity contribution in [3.8, 4) is 5.75 Å². The molecule has 0 radical (unpaired) electrons. The van der Waals surface area contributed by atoms with Gasteiger partial charge in [-0.2, -0.15) is 0 Å². The molecule has 2 aromatic rings. The Kier molecular flexibility index (Phi) is 5.46. The second-order valence-electron chi connectivity index (χ2n) is 5.42. The van der Waals surface area contributed by atoms with Gasteiger partial charge in [0.1, 0.15) is 5.75 Å². The topological polar surface area (TPSA) is 81.6 Å². The smallest absolute Gasteiger partial charge is 0.335 e. The van der Waals surface area contributed by atoms with Crippen LogP contribution in [0.3, 0.4) is 0 Å². The molecule has 0 atom stereocenters. The Morgan fingerprint density at radius 2 is 1.70 bits per heavy atom. The number of phenols is 1. The molecular weight excluding hydrogens is 292 g/mol. The largest absolute Gasteiger partial charge is 0.506 e. The Hall–Kier alpha value is -2.69. The minimum atomic E-state index is -0.958. The summed E-state index contributed by atoms with van der Waals surface area (Å²) in [5.41, 5.74) is 8.66. The Balaban J connectivity index is 2.10. The zero-order valence-corrected chi connectivity index (χ0v) is 13.3. The van der Waals surface area contributed by atoms with Crippen LogP contribution in [0.2, 0.25) is 0 Å². The Bertz CT molecular complexity index is 664. The predicted molar refractivity (Wildman–Crippen MR) is 92.1 cm³/mol. The molecule has 0 aliphatic carbocycles. The van der Waals surface area contributed by atoms with Crippen molar-refractivity contribution in [1.82, 2.24) is 0 Å². The molecule has 0 saturated heterocycles. The molecule has 5 heteroatoms. The minimum Gasteiger partial charge on any atom is -0.506 e. The predicted octanol–water partition coefficient (Wildman–Crippen LogP) is 4.43. The Morgan fingerprint density at radius 3 is 2.26 bits per heavy atom. The van der Waals surface area contributed by atoms with E-state index < -0.39 is 5.97 Å². The summed E-state index contributed by atoms with van der Waals surface area (Å²) in [6.45, 7) is 4.30. The molecule has 0 fully saturated rings. The molecule has 0 bridgehead atoms. The second kappa shape index (κ2) is 7.54. The fraction of sp³-hybridized carbons (Fsp3) is 0.278. The van der Waals surface area contributed by atoms with Crippen molar-refractivity contribution in [2.24, 2.45) is 0 Å². The van der Waals surface area contributed by atoms with Gasteiger partial charge in [-0.15, -0.1) is 0 Å². The van der Waals surface area contributed by atoms with Gasteiger partial charge in [0.15, 0.2) is 0 Å². The quantitative estimate of drug-likeness (QED) is 0.449. The van der Waals surface area contributed by atoms with E-state index in [0.29, 0.717) is 17.3 Å². The van der Waals surface area contributed by atoms with E-state index in [1.54, 1.807) is 18.2 Å². The van der Waals surface area contributed by atoms with Gasteiger partial charge in [0.25, 0.3) is 0 Å². The van der Waals surface area contributed by atoms with Crippen LogP contribution in [0, 0.1) is 0 Å². The molecule has 5 nitrogen and oxygen atoms in total. The maximum atomic E-state index is 10.8. The number of benzene rings is 2. The van der Waals surface area contributed by atoms with Crippen LogP contribution < -0.4 is 10.9 Å². The van der Waals surface area contributed by atoms with Gasteiger partial charge in [0.05, 0.1) is 16.9 Å². The lowest BCUT2D eigenvalue weighted by molar-refractivity contribution is 0.0697. The zero-order valence-electron chi connectivity index (χ0n) is 13.3. The van der Waals surface area contributed by atoms with Gasteiger partial charge in [-0.1, -0.05) is 19.9 Å². The van der Waals surface area contributed by atoms with E-state index >= 15 is 0 Å². The Morgan fingerprint density at radius 1 is 1.04 bits per heavy atom. The van der Waals surface area contributed by atoms with E-state index in [0.717, 1.165) is 12.8 Å². The normalized spacial score (nSPS) is 10.6. The van der Waals surface area contributed by atoms with E-state index in [1.807, 2.05) is 12.1 Å². The van der Waals surface area contributed by atoms with Gasteiger partial charge >= 0.3 is 5.97 Å². The number of nitrogens with one attached hydrogen (secondary N) is 2. The molecule has 2 aromatic carbocycles. The molecule has 2 rings (SSSR count). The van der Waals surface area contributed by atoms with Crippen molar-refractivity contribution in [1.29, 1.82) is 0 Å². The lowest BCUT2D eigenvalue weighted by Gasteiger charge is -2.16. The van der Waals surface area contributed by atoms with E-state index in [9.17, 15) is 9.90 Å². The first-order valence-electron chi connectivity index (χ1n) is 7.73. The number of carboxylic acids is 1. The molecule has 0 amide bonds. The highest BCUT2D eigenvalue weighted by atomic mass is 16.4. The summed E-state index contributed by atoms with van der Waals surface area (Å²) in [6, 6.07) is 11.9. The van der Waals surface area contributed by atoms with Gasteiger partial charge in [-0.3, -0.25) is 5.43 Å². The van der Waals surface area contributed by atoms with E-state index in [2.05, 4.69) is 24.7 Å². The van der Waals surface area contributed by atoms with Gasteiger partial charge in [0, 0.05) is 0 Å². The van der Waals surface area contributed by atoms with Crippen LogP contribution in [0.25, 0.3) is 0 Å². The monoisotopic (exact) mass is 314 g/mol. The molecule has 0 unspecified atom stereocenters. The first kappa shape index (κ1) is 16.7. The van der Waals surface area contributed by atoms with Crippen LogP contribution in [-0.4, -0.2) is 16.2 Å². The summed E-state index contributed by atoms with van der Waals surface area (Å²) in [4.78, 5) is 10.8. The molecule has 23 heavy (non-hydrogen) atoms. The lowest BCUT2D eigenvalue weighted by Crippen LogP contribution is -2.09. The van der Waals surface area contributed by atoms with Crippen molar-refractivity contribution in [3.05, 3.63) is 53.6 Å². The van der Waals surface area contributed by atoms with Gasteiger partial charge < -0.3 is 15.6 Å². The van der Waals surface area contributed by atoms with Crippen molar-refractivity contribution in [3.63, 3.8) is 0 Å². The summed E-state index contributed by atoms with van der Waals surface area (Å²) in [5.74, 6) is -0.333. The highest BCUT2D eigenvalue weighted by Crippen LogP contribution is 2.30. The van der Waals surface area contributed by atoms with Crippen LogP contribution in [0.1, 0.15) is 48.5 Å². The lowest BCUT2D eigenvalue weighted by atomic mass is 9.93. The van der Waals surface area contributed by atoms with E-state index in [1.165, 1.54) is 17.7 Å². The number of aromatic hydroxyl groups is 1. The molecule has 122 valence electrons. The molecule has 0 aliphatic rings. The number of carboxylic acid groups (broad SMARTS) is 1. The molecule has 0 aliphatic heterocycles. The number of phenolic OH excluding ortho intramolecular Hbond substituents is 1. The fourth-order valence-electron chi connectivity index (χ4n) is 2.50. The van der Waals surface area contributed by atoms with Crippen LogP contribution in [0.15, 0.2) is 42.5 Å². The summed E-state index contributed by atoms with van der Waals surface area (Å²) in [7, 11) is 0. The highest BCUT2D eigenvalue weighted by molar-refractivity contribution is 5.88. The number of rotatable bonds is 7. The molecule has 0 saturated carbocycles. The van der Waals surface area contributed by atoms with Crippen molar-refractivity contribution in [2.45, 2.75) is 32.6 Å². The summed E-state index contributed by atoms with van der Waals surface area (Å²) in [6.07, 6.45) is 2.09. The molecule has 0 heterocycles. The third-order valence-corrected chi connectivity index (χ3v) is 3.95. The molecule has 0 aromatic heterocycles. The first-order valence-corrected chi connectivity index (χ1v) is 7.73. The molecule has 0 spiro atoms. The van der Waals surface area contributed by atoms with Crippen LogP contribution in [0.4, 0.5) is 11.4 Å².